The Hall–Kier alpha value is -1.75. The van der Waals surface area contributed by atoms with Gasteiger partial charge in [0.15, 0.2) is 0 Å². The summed E-state index contributed by atoms with van der Waals surface area (Å²) in [5.74, 6) is -3.31. The zero-order valence-electron chi connectivity index (χ0n) is 11.3. The van der Waals surface area contributed by atoms with Crippen LogP contribution in [0, 0.1) is 0 Å². The van der Waals surface area contributed by atoms with Crippen molar-refractivity contribution in [3.05, 3.63) is 36.5 Å². The number of carbonyl (C=O) groups excluding carboxylic acids is 2. The molecule has 0 bridgehead atoms. The Kier molecular flexibility index (Phi) is 19.5. The maximum absolute atomic E-state index is 9.60. The van der Waals surface area contributed by atoms with Crippen LogP contribution in [0.4, 0.5) is 0 Å². The van der Waals surface area contributed by atoms with E-state index in [0.29, 0.717) is 0 Å². The third-order valence-corrected chi connectivity index (χ3v) is 1.06. The molecule has 0 aliphatic rings. The van der Waals surface area contributed by atoms with Crippen LogP contribution < -0.4 is 10.2 Å². The van der Waals surface area contributed by atoms with Crippen LogP contribution in [-0.2, 0) is 33.9 Å². The van der Waals surface area contributed by atoms with Gasteiger partial charge in [-0.3, -0.25) is 0 Å². The minimum absolute atomic E-state index is 0. The molecule has 0 radical (unpaired) electrons. The molecule has 19 heavy (non-hydrogen) atoms. The zero-order chi connectivity index (χ0) is 15.5. The first-order valence-corrected chi connectivity index (χ1v) is 4.55. The van der Waals surface area contributed by atoms with Gasteiger partial charge in [-0.2, -0.15) is 0 Å². The van der Waals surface area contributed by atoms with Crippen LogP contribution in [0.25, 0.3) is 0 Å². The Morgan fingerprint density at radius 2 is 0.895 bits per heavy atom. The predicted molar refractivity (Wildman–Crippen MR) is 62.1 cm³/mol. The van der Waals surface area contributed by atoms with Crippen LogP contribution in [0.3, 0.4) is 0 Å². The molecule has 0 amide bonds. The van der Waals surface area contributed by atoms with E-state index in [9.17, 15) is 24.6 Å². The van der Waals surface area contributed by atoms with Crippen LogP contribution in [0.5, 0.6) is 0 Å². The molecule has 1 N–H and O–H groups in total. The second-order valence-electron chi connectivity index (χ2n) is 3.22. The van der Waals surface area contributed by atoms with Crippen molar-refractivity contribution in [2.24, 2.45) is 0 Å². The van der Waals surface area contributed by atoms with E-state index in [1.807, 2.05) is 0 Å². The number of hydrogen-bond donors (Lipinski definition) is 1. The number of carboxylic acid groups (broad SMARTS) is 3. The summed E-state index contributed by atoms with van der Waals surface area (Å²) < 4.78 is 0. The second kappa shape index (κ2) is 14.3. The quantitative estimate of drug-likeness (QED) is 0.541. The van der Waals surface area contributed by atoms with Gasteiger partial charge in [0.05, 0.1) is 11.9 Å². The monoisotopic (exact) mass is 320 g/mol. The summed E-state index contributed by atoms with van der Waals surface area (Å²) in [4.78, 5) is 28.6. The largest absolute Gasteiger partial charge is 2.00 e. The molecule has 102 valence electrons. The van der Waals surface area contributed by atoms with E-state index in [-0.39, 0.29) is 36.2 Å². The molecule has 0 aromatic rings. The molecule has 0 aromatic carbocycles. The van der Waals surface area contributed by atoms with E-state index < -0.39 is 17.9 Å². The van der Waals surface area contributed by atoms with Gasteiger partial charge in [0.1, 0.15) is 0 Å². The van der Waals surface area contributed by atoms with Gasteiger partial charge in [-0.1, -0.05) is 19.7 Å². The molecule has 0 atom stereocenters. The van der Waals surface area contributed by atoms with E-state index in [4.69, 9.17) is 5.11 Å². The third kappa shape index (κ3) is 31.4. The Balaban J connectivity index is -0.0000000865. The minimum atomic E-state index is -1.19. The molecular weight excluding hydrogens is 306 g/mol. The van der Waals surface area contributed by atoms with E-state index in [2.05, 4.69) is 19.7 Å². The summed E-state index contributed by atoms with van der Waals surface area (Å²) in [5.41, 5.74) is 0.306. The molecule has 0 unspecified atom stereocenters. The standard InChI is InChI=1S/3C4H6O2.Zn/c3*1-3(2)4(5)6;/h3*1H2,2H3,(H,5,6);/q;;;+2/p-2. The first-order valence-electron chi connectivity index (χ1n) is 4.55. The van der Waals surface area contributed by atoms with Gasteiger partial charge in [0.25, 0.3) is 0 Å². The molecule has 0 heterocycles. The molecular formula is C12H16O6Zn. The first-order chi connectivity index (χ1) is 7.93. The number of carbonyl (C=O) groups is 3. The van der Waals surface area contributed by atoms with Crippen molar-refractivity contribution >= 4 is 17.9 Å². The fourth-order valence-corrected chi connectivity index (χ4v) is 0. The van der Waals surface area contributed by atoms with Crippen molar-refractivity contribution in [3.8, 4) is 0 Å². The predicted octanol–water partition coefficient (Wildman–Crippen LogP) is -0.731. The fourth-order valence-electron chi connectivity index (χ4n) is 0. The Bertz CT molecular complexity index is 277. The van der Waals surface area contributed by atoms with Crippen LogP contribution in [0.2, 0.25) is 0 Å². The van der Waals surface area contributed by atoms with Crippen molar-refractivity contribution < 1.29 is 49.2 Å². The van der Waals surface area contributed by atoms with Crippen molar-refractivity contribution in [3.63, 3.8) is 0 Å². The fraction of sp³-hybridized carbons (Fsp3) is 0.250. The number of hydrogen-bond acceptors (Lipinski definition) is 5. The Morgan fingerprint density at radius 1 is 0.789 bits per heavy atom. The normalized spacial score (nSPS) is 7.11. The molecule has 7 heteroatoms. The van der Waals surface area contributed by atoms with Gasteiger partial charge in [0, 0.05) is 5.57 Å². The molecule has 0 aromatic heterocycles. The summed E-state index contributed by atoms with van der Waals surface area (Å²) in [5, 5.41) is 26.9. The molecule has 0 fully saturated rings. The van der Waals surface area contributed by atoms with E-state index >= 15 is 0 Å². The Labute approximate surface area is 124 Å². The van der Waals surface area contributed by atoms with E-state index in [1.54, 1.807) is 0 Å². The molecule has 0 saturated heterocycles. The van der Waals surface area contributed by atoms with Crippen LogP contribution in [-0.4, -0.2) is 23.0 Å². The zero-order valence-corrected chi connectivity index (χ0v) is 14.3. The summed E-state index contributed by atoms with van der Waals surface area (Å²) in [6.45, 7) is 13.6. The van der Waals surface area contributed by atoms with Crippen LogP contribution in [0.1, 0.15) is 20.8 Å². The van der Waals surface area contributed by atoms with Crippen LogP contribution >= 0.6 is 0 Å². The Morgan fingerprint density at radius 3 is 0.895 bits per heavy atom. The summed E-state index contributed by atoms with van der Waals surface area (Å²) in [6, 6.07) is 0. The third-order valence-electron chi connectivity index (χ3n) is 1.06. The number of aliphatic carboxylic acids is 3. The van der Waals surface area contributed by atoms with Gasteiger partial charge in [0.2, 0.25) is 0 Å². The van der Waals surface area contributed by atoms with Gasteiger partial charge in [-0.25, -0.2) is 4.79 Å². The van der Waals surface area contributed by atoms with Gasteiger partial charge in [-0.15, -0.1) is 0 Å². The topological polar surface area (TPSA) is 118 Å². The van der Waals surface area contributed by atoms with E-state index in [1.165, 1.54) is 20.8 Å². The van der Waals surface area contributed by atoms with Crippen molar-refractivity contribution in [1.82, 2.24) is 0 Å². The van der Waals surface area contributed by atoms with Gasteiger partial charge >= 0.3 is 25.4 Å². The van der Waals surface area contributed by atoms with Gasteiger partial charge < -0.3 is 24.9 Å². The molecule has 0 aliphatic carbocycles. The van der Waals surface area contributed by atoms with Crippen molar-refractivity contribution in [2.75, 3.05) is 0 Å². The molecule has 0 spiro atoms. The minimum Gasteiger partial charge on any atom is -0.545 e. The SMILES string of the molecule is C=C(C)C(=O)O.C=C(C)C(=O)[O-].C=C(C)C(=O)[O-].[Zn+2]. The second-order valence-corrected chi connectivity index (χ2v) is 3.22. The number of carboxylic acids is 3. The number of rotatable bonds is 3. The maximum atomic E-state index is 9.60. The molecule has 0 aliphatic heterocycles. The van der Waals surface area contributed by atoms with Gasteiger partial charge in [-0.05, 0) is 31.9 Å². The van der Waals surface area contributed by atoms with Crippen LogP contribution in [0.15, 0.2) is 36.5 Å². The summed E-state index contributed by atoms with van der Waals surface area (Å²) in [6.07, 6.45) is 0. The smallest absolute Gasteiger partial charge is 0.545 e. The van der Waals surface area contributed by atoms with Crippen molar-refractivity contribution in [2.45, 2.75) is 20.8 Å². The first kappa shape index (κ1) is 25.9. The average molecular weight is 322 g/mol. The molecule has 6 nitrogen and oxygen atoms in total. The maximum Gasteiger partial charge on any atom is 2.00 e. The molecule has 0 saturated carbocycles. The van der Waals surface area contributed by atoms with Crippen molar-refractivity contribution in [1.29, 1.82) is 0 Å². The molecule has 0 rings (SSSR count). The summed E-state index contributed by atoms with van der Waals surface area (Å²) in [7, 11) is 0. The average Bonchev–Trinajstić information content (AvgIpc) is 2.18. The summed E-state index contributed by atoms with van der Waals surface area (Å²) >= 11 is 0. The van der Waals surface area contributed by atoms with E-state index in [0.717, 1.165) is 0 Å².